The maximum absolute atomic E-state index is 14.8. The second-order valence-corrected chi connectivity index (χ2v) is 7.59. The highest BCUT2D eigenvalue weighted by molar-refractivity contribution is 5.99. The van der Waals surface area contributed by atoms with E-state index in [0.717, 1.165) is 0 Å². The number of phenols is 1. The Morgan fingerprint density at radius 2 is 1.80 bits per heavy atom. The third kappa shape index (κ3) is 3.78. The summed E-state index contributed by atoms with van der Waals surface area (Å²) in [6.45, 7) is 2.63. The Bertz CT molecular complexity index is 1140. The Labute approximate surface area is 171 Å². The van der Waals surface area contributed by atoms with Gasteiger partial charge in [0.25, 0.3) is 16.8 Å². The van der Waals surface area contributed by atoms with Crippen molar-refractivity contribution in [1.29, 1.82) is 0 Å². The molecule has 1 amide bonds. The summed E-state index contributed by atoms with van der Waals surface area (Å²) in [6, 6.07) is 6.51. The van der Waals surface area contributed by atoms with E-state index >= 15 is 0 Å². The van der Waals surface area contributed by atoms with Crippen molar-refractivity contribution in [2.45, 2.75) is 25.6 Å². The number of furan rings is 1. The van der Waals surface area contributed by atoms with Gasteiger partial charge in [-0.2, -0.15) is 0 Å². The molecule has 1 atom stereocenters. The van der Waals surface area contributed by atoms with Crippen molar-refractivity contribution in [2.24, 2.45) is 0 Å². The number of carbonyl (C=O) groups is 1. The fourth-order valence-electron chi connectivity index (χ4n) is 3.02. The lowest BCUT2D eigenvalue weighted by Crippen LogP contribution is -2.40. The summed E-state index contributed by atoms with van der Waals surface area (Å²) in [5.41, 5.74) is -3.64. The normalized spacial score (nSPS) is 12.6. The molecule has 3 aromatic rings. The molecule has 0 aliphatic heterocycles. The van der Waals surface area contributed by atoms with Crippen LogP contribution in [-0.4, -0.2) is 35.7 Å². The first-order valence-corrected chi connectivity index (χ1v) is 9.15. The van der Waals surface area contributed by atoms with Crippen molar-refractivity contribution in [1.82, 2.24) is 4.90 Å². The minimum absolute atomic E-state index is 0.0246. The molecule has 0 radical (unpaired) electrons. The van der Waals surface area contributed by atoms with Crippen molar-refractivity contribution >= 4 is 23.0 Å². The molecule has 8 nitrogen and oxygen atoms in total. The first-order valence-electron chi connectivity index (χ1n) is 9.15. The highest BCUT2D eigenvalue weighted by Gasteiger charge is 2.36. The van der Waals surface area contributed by atoms with Gasteiger partial charge in [0.05, 0.1) is 17.5 Å². The van der Waals surface area contributed by atoms with E-state index in [1.807, 2.05) is 0 Å². The monoisotopic (exact) mass is 415 g/mol. The van der Waals surface area contributed by atoms with E-state index in [2.05, 4.69) is 10.6 Å². The first kappa shape index (κ1) is 21.1. The van der Waals surface area contributed by atoms with Crippen molar-refractivity contribution < 1.29 is 18.7 Å². The van der Waals surface area contributed by atoms with Gasteiger partial charge in [0.15, 0.2) is 5.75 Å². The molecule has 0 saturated carbocycles. The molecule has 0 fully saturated rings. The Hall–Kier alpha value is -3.62. The first-order chi connectivity index (χ1) is 14.0. The predicted octanol–water partition coefficient (Wildman–Crippen LogP) is 2.93. The van der Waals surface area contributed by atoms with Crippen LogP contribution < -0.4 is 21.5 Å². The standard InChI is InChI=1S/C21H22FN3O5/c1-21(2,22)19(13-9-6-10-30-13)24-15-14(17(27)18(15)28)23-12-8-5-7-11(16(12)26)20(29)25(3)4/h5-10,19,23-24,26H,1-4H3/t19-/m0/s1. The number of amides is 1. The zero-order valence-corrected chi connectivity index (χ0v) is 16.9. The smallest absolute Gasteiger partial charge is 0.257 e. The minimum Gasteiger partial charge on any atom is -0.505 e. The molecule has 1 aromatic heterocycles. The molecule has 1 heterocycles. The molecule has 0 aliphatic carbocycles. The van der Waals surface area contributed by atoms with Crippen LogP contribution in [0.2, 0.25) is 0 Å². The van der Waals surface area contributed by atoms with Gasteiger partial charge in [-0.05, 0) is 38.1 Å². The number of para-hydroxylation sites is 1. The average molecular weight is 415 g/mol. The number of aromatic hydroxyl groups is 1. The number of carbonyl (C=O) groups excluding carboxylic acids is 1. The van der Waals surface area contributed by atoms with Gasteiger partial charge in [0.1, 0.15) is 28.8 Å². The fraction of sp³-hybridized carbons (Fsp3) is 0.286. The molecule has 0 aliphatic rings. The van der Waals surface area contributed by atoms with Gasteiger partial charge in [0, 0.05) is 14.1 Å². The quantitative estimate of drug-likeness (QED) is 0.402. The predicted molar refractivity (Wildman–Crippen MR) is 111 cm³/mol. The number of phenolic OH excluding ortho intramolecular Hbond substituents is 1. The van der Waals surface area contributed by atoms with Crippen LogP contribution in [0.15, 0.2) is 50.6 Å². The lowest BCUT2D eigenvalue weighted by Gasteiger charge is -2.28. The fourth-order valence-corrected chi connectivity index (χ4v) is 3.02. The second-order valence-electron chi connectivity index (χ2n) is 7.59. The molecule has 9 heteroatoms. The van der Waals surface area contributed by atoms with Crippen molar-refractivity contribution in [3.63, 3.8) is 0 Å². The molecule has 3 rings (SSSR count). The Morgan fingerprint density at radius 3 is 2.37 bits per heavy atom. The summed E-state index contributed by atoms with van der Waals surface area (Å²) < 4.78 is 20.0. The van der Waals surface area contributed by atoms with Crippen molar-refractivity contribution in [2.75, 3.05) is 24.7 Å². The Morgan fingerprint density at radius 1 is 1.13 bits per heavy atom. The van der Waals surface area contributed by atoms with Crippen LogP contribution >= 0.6 is 0 Å². The zero-order chi connectivity index (χ0) is 22.2. The highest BCUT2D eigenvalue weighted by atomic mass is 19.1. The molecule has 3 N–H and O–H groups in total. The maximum atomic E-state index is 14.8. The summed E-state index contributed by atoms with van der Waals surface area (Å²) in [5.74, 6) is -0.553. The number of nitrogens with one attached hydrogen (secondary N) is 2. The van der Waals surface area contributed by atoms with Gasteiger partial charge < -0.3 is 25.1 Å². The summed E-state index contributed by atoms with van der Waals surface area (Å²) in [5, 5.41) is 15.9. The number of alkyl halides is 1. The molecule has 0 spiro atoms. The Kier molecular flexibility index (Phi) is 5.39. The number of halogens is 1. The lowest BCUT2D eigenvalue weighted by molar-refractivity contribution is 0.0824. The van der Waals surface area contributed by atoms with Gasteiger partial charge in [-0.1, -0.05) is 6.07 Å². The number of anilines is 3. The third-order valence-electron chi connectivity index (χ3n) is 4.65. The molecular weight excluding hydrogens is 393 g/mol. The van der Waals surface area contributed by atoms with E-state index < -0.39 is 28.5 Å². The van der Waals surface area contributed by atoms with E-state index in [4.69, 9.17) is 4.42 Å². The molecule has 0 bridgehead atoms. The molecule has 158 valence electrons. The molecule has 30 heavy (non-hydrogen) atoms. The molecule has 2 aromatic carbocycles. The summed E-state index contributed by atoms with van der Waals surface area (Å²) in [7, 11) is 3.07. The van der Waals surface area contributed by atoms with Crippen LogP contribution in [0.4, 0.5) is 21.5 Å². The van der Waals surface area contributed by atoms with Crippen molar-refractivity contribution in [3.8, 4) is 5.75 Å². The van der Waals surface area contributed by atoms with E-state index in [-0.39, 0.29) is 34.1 Å². The molecular formula is C21H22FN3O5. The number of nitrogens with zero attached hydrogens (tertiary/aromatic N) is 1. The van der Waals surface area contributed by atoms with Crippen LogP contribution in [0.25, 0.3) is 0 Å². The second kappa shape index (κ2) is 7.66. The van der Waals surface area contributed by atoms with E-state index in [1.54, 1.807) is 12.1 Å². The topological polar surface area (TPSA) is 112 Å². The van der Waals surface area contributed by atoms with E-state index in [9.17, 15) is 23.9 Å². The van der Waals surface area contributed by atoms with Crippen LogP contribution in [0.1, 0.15) is 36.0 Å². The number of benzene rings is 1. The summed E-state index contributed by atoms with van der Waals surface area (Å²) >= 11 is 0. The van der Waals surface area contributed by atoms with Gasteiger partial charge in [-0.3, -0.25) is 14.4 Å². The van der Waals surface area contributed by atoms with E-state index in [1.165, 1.54) is 57.3 Å². The van der Waals surface area contributed by atoms with Crippen LogP contribution in [0.5, 0.6) is 5.75 Å². The van der Waals surface area contributed by atoms with Gasteiger partial charge in [-0.15, -0.1) is 0 Å². The van der Waals surface area contributed by atoms with Crippen LogP contribution in [-0.2, 0) is 0 Å². The minimum atomic E-state index is -1.82. The largest absolute Gasteiger partial charge is 0.505 e. The maximum Gasteiger partial charge on any atom is 0.257 e. The van der Waals surface area contributed by atoms with Gasteiger partial charge in [-0.25, -0.2) is 4.39 Å². The Balaban J connectivity index is 1.95. The summed E-state index contributed by atoms with van der Waals surface area (Å²) in [6.07, 6.45) is 1.38. The number of hydrogen-bond donors (Lipinski definition) is 3. The number of rotatable bonds is 7. The molecule has 0 saturated heterocycles. The van der Waals surface area contributed by atoms with Gasteiger partial charge in [0.2, 0.25) is 0 Å². The molecule has 0 unspecified atom stereocenters. The summed E-state index contributed by atoms with van der Waals surface area (Å²) in [4.78, 5) is 37.8. The van der Waals surface area contributed by atoms with Crippen LogP contribution in [0.3, 0.4) is 0 Å². The van der Waals surface area contributed by atoms with Crippen LogP contribution in [0, 0.1) is 0 Å². The van der Waals surface area contributed by atoms with E-state index in [0.29, 0.717) is 0 Å². The average Bonchev–Trinajstić information content (AvgIpc) is 3.20. The third-order valence-corrected chi connectivity index (χ3v) is 4.65. The van der Waals surface area contributed by atoms with Crippen molar-refractivity contribution in [3.05, 3.63) is 68.4 Å². The highest BCUT2D eigenvalue weighted by Crippen LogP contribution is 2.36. The lowest BCUT2D eigenvalue weighted by atomic mass is 9.97. The number of hydrogen-bond acceptors (Lipinski definition) is 7. The SMILES string of the molecule is CN(C)C(=O)c1cccc(Nc2c(N[C@@H](c3ccco3)C(C)(C)F)c(=O)c2=O)c1O. The van der Waals surface area contributed by atoms with Gasteiger partial charge >= 0.3 is 0 Å². The zero-order valence-electron chi connectivity index (χ0n) is 16.9.